The van der Waals surface area contributed by atoms with Gasteiger partial charge in [-0.1, -0.05) is 19.1 Å². The molecule has 6 nitrogen and oxygen atoms in total. The number of nitrogens with one attached hydrogen (secondary N) is 2. The molecule has 0 unspecified atom stereocenters. The average molecular weight is 325 g/mol. The van der Waals surface area contributed by atoms with Crippen LogP contribution in [0.15, 0.2) is 6.20 Å². The lowest BCUT2D eigenvalue weighted by Gasteiger charge is -2.29. The fraction of sp³-hybridized carbons (Fsp3) is 0.800. The number of nitrogens with zero attached hydrogens (tertiary/aromatic N) is 3. The van der Waals surface area contributed by atoms with Crippen LogP contribution in [-0.2, 0) is 0 Å². The number of aromatic nitrogens is 3. The molecule has 0 saturated carbocycles. The van der Waals surface area contributed by atoms with Gasteiger partial charge in [0.25, 0.3) is 5.91 Å². The number of hydrogen-bond donors (Lipinski definition) is 2. The maximum absolute atomic E-state index is 12.3. The predicted octanol–water partition coefficient (Wildman–Crippen LogP) is 1.85. The Hall–Kier alpha value is -1.08. The van der Waals surface area contributed by atoms with E-state index in [2.05, 4.69) is 41.0 Å². The van der Waals surface area contributed by atoms with Crippen molar-refractivity contribution in [2.45, 2.75) is 50.3 Å². The molecule has 1 aliphatic heterocycles. The first-order valence-corrected chi connectivity index (χ1v) is 9.32. The van der Waals surface area contributed by atoms with E-state index in [4.69, 9.17) is 0 Å². The van der Waals surface area contributed by atoms with Crippen molar-refractivity contribution in [3.05, 3.63) is 11.9 Å². The highest BCUT2D eigenvalue weighted by Gasteiger charge is 2.26. The fourth-order valence-corrected chi connectivity index (χ4v) is 3.62. The Labute approximate surface area is 136 Å². The van der Waals surface area contributed by atoms with Gasteiger partial charge in [0.2, 0.25) is 0 Å². The molecule has 2 heterocycles. The minimum Gasteiger partial charge on any atom is -0.349 e. The van der Waals surface area contributed by atoms with Gasteiger partial charge in [-0.05, 0) is 45.0 Å². The topological polar surface area (TPSA) is 71.8 Å². The summed E-state index contributed by atoms with van der Waals surface area (Å²) in [4.78, 5) is 12.3. The van der Waals surface area contributed by atoms with E-state index in [0.717, 1.165) is 38.8 Å². The second kappa shape index (κ2) is 7.97. The van der Waals surface area contributed by atoms with Crippen molar-refractivity contribution in [2.24, 2.45) is 0 Å². The standard InChI is InChI=1S/C15H27N5OS/c1-4-15(5-2,22-3)11-17-14(21)13-10-20(19-18-13)12-6-8-16-9-7-12/h10,12,16H,4-9,11H2,1-3H3,(H,17,21). The maximum atomic E-state index is 12.3. The third kappa shape index (κ3) is 4.01. The summed E-state index contributed by atoms with van der Waals surface area (Å²) in [5.41, 5.74) is 0.417. The Bertz CT molecular complexity index is 472. The van der Waals surface area contributed by atoms with Crippen LogP contribution in [0.2, 0.25) is 0 Å². The molecule has 0 spiro atoms. The first-order valence-electron chi connectivity index (χ1n) is 8.10. The molecule has 1 amide bonds. The Kier molecular flexibility index (Phi) is 6.26. The molecular formula is C15H27N5OS. The van der Waals surface area contributed by atoms with E-state index in [1.807, 2.05) is 16.4 Å². The van der Waals surface area contributed by atoms with Crippen LogP contribution in [0.5, 0.6) is 0 Å². The summed E-state index contributed by atoms with van der Waals surface area (Å²) < 4.78 is 1.96. The monoisotopic (exact) mass is 325 g/mol. The summed E-state index contributed by atoms with van der Waals surface area (Å²) in [7, 11) is 0. The number of rotatable bonds is 7. The summed E-state index contributed by atoms with van der Waals surface area (Å²) in [6.45, 7) is 6.99. The third-order valence-corrected chi connectivity index (χ3v) is 6.31. The molecule has 1 saturated heterocycles. The Morgan fingerprint density at radius 1 is 1.45 bits per heavy atom. The first kappa shape index (κ1) is 17.3. The second-order valence-corrected chi connectivity index (χ2v) is 7.12. The van der Waals surface area contributed by atoms with Gasteiger partial charge < -0.3 is 10.6 Å². The van der Waals surface area contributed by atoms with E-state index in [1.54, 1.807) is 6.20 Å². The van der Waals surface area contributed by atoms with Crippen LogP contribution in [-0.4, -0.2) is 51.5 Å². The van der Waals surface area contributed by atoms with Gasteiger partial charge in [0.15, 0.2) is 5.69 Å². The fourth-order valence-electron chi connectivity index (χ4n) is 2.82. The van der Waals surface area contributed by atoms with Crippen LogP contribution in [0.3, 0.4) is 0 Å². The van der Waals surface area contributed by atoms with E-state index in [-0.39, 0.29) is 10.7 Å². The van der Waals surface area contributed by atoms with Crippen molar-refractivity contribution in [3.63, 3.8) is 0 Å². The van der Waals surface area contributed by atoms with Gasteiger partial charge in [-0.3, -0.25) is 4.79 Å². The summed E-state index contributed by atoms with van der Waals surface area (Å²) >= 11 is 1.82. The second-order valence-electron chi connectivity index (χ2n) is 5.84. The van der Waals surface area contributed by atoms with Gasteiger partial charge in [0, 0.05) is 11.3 Å². The predicted molar refractivity (Wildman–Crippen MR) is 90.3 cm³/mol. The molecular weight excluding hydrogens is 298 g/mol. The molecule has 7 heteroatoms. The van der Waals surface area contributed by atoms with E-state index < -0.39 is 0 Å². The lowest BCUT2D eigenvalue weighted by Crippen LogP contribution is -2.39. The smallest absolute Gasteiger partial charge is 0.273 e. The highest BCUT2D eigenvalue weighted by Crippen LogP contribution is 2.29. The number of carbonyl (C=O) groups is 1. The summed E-state index contributed by atoms with van der Waals surface area (Å²) in [5, 5.41) is 14.5. The number of amides is 1. The number of thioether (sulfide) groups is 1. The van der Waals surface area contributed by atoms with Crippen LogP contribution in [0.1, 0.15) is 56.1 Å². The van der Waals surface area contributed by atoms with Gasteiger partial charge in [-0.2, -0.15) is 11.8 Å². The summed E-state index contributed by atoms with van der Waals surface area (Å²) in [5.74, 6) is -0.125. The molecule has 1 aromatic rings. The van der Waals surface area contributed by atoms with Crippen molar-refractivity contribution in [1.82, 2.24) is 25.6 Å². The zero-order valence-electron chi connectivity index (χ0n) is 13.8. The lowest BCUT2D eigenvalue weighted by atomic mass is 10.0. The van der Waals surface area contributed by atoms with Crippen molar-refractivity contribution in [2.75, 3.05) is 25.9 Å². The van der Waals surface area contributed by atoms with Crippen LogP contribution >= 0.6 is 11.8 Å². The van der Waals surface area contributed by atoms with Crippen LogP contribution < -0.4 is 10.6 Å². The molecule has 2 rings (SSSR count). The Morgan fingerprint density at radius 3 is 2.73 bits per heavy atom. The summed E-state index contributed by atoms with van der Waals surface area (Å²) in [6, 6.07) is 0.354. The first-order chi connectivity index (χ1) is 10.6. The molecule has 1 aliphatic rings. The molecule has 0 aliphatic carbocycles. The molecule has 1 fully saturated rings. The van der Waals surface area contributed by atoms with Crippen LogP contribution in [0, 0.1) is 0 Å². The van der Waals surface area contributed by atoms with Crippen molar-refractivity contribution >= 4 is 17.7 Å². The minimum absolute atomic E-state index is 0.112. The number of carbonyl (C=O) groups excluding carboxylic acids is 1. The third-order valence-electron chi connectivity index (χ3n) is 4.72. The molecule has 22 heavy (non-hydrogen) atoms. The summed E-state index contributed by atoms with van der Waals surface area (Å²) in [6.07, 6.45) is 8.02. The SMILES string of the molecule is CCC(CC)(CNC(=O)c1cn(C2CCNCC2)nn1)SC. The highest BCUT2D eigenvalue weighted by molar-refractivity contribution is 8.00. The zero-order valence-corrected chi connectivity index (χ0v) is 14.6. The van der Waals surface area contributed by atoms with Gasteiger partial charge in [-0.25, -0.2) is 4.68 Å². The molecule has 0 atom stereocenters. The zero-order chi connectivity index (χ0) is 16.0. The van der Waals surface area contributed by atoms with E-state index in [9.17, 15) is 4.79 Å². The van der Waals surface area contributed by atoms with E-state index in [1.165, 1.54) is 0 Å². The number of piperidine rings is 1. The Balaban J connectivity index is 1.94. The molecule has 0 aromatic carbocycles. The Morgan fingerprint density at radius 2 is 2.14 bits per heavy atom. The van der Waals surface area contributed by atoms with E-state index >= 15 is 0 Å². The van der Waals surface area contributed by atoms with Crippen LogP contribution in [0.4, 0.5) is 0 Å². The molecule has 0 bridgehead atoms. The van der Waals surface area contributed by atoms with Gasteiger partial charge in [-0.15, -0.1) is 5.10 Å². The molecule has 2 N–H and O–H groups in total. The lowest BCUT2D eigenvalue weighted by molar-refractivity contribution is 0.0944. The maximum Gasteiger partial charge on any atom is 0.273 e. The quantitative estimate of drug-likeness (QED) is 0.800. The van der Waals surface area contributed by atoms with Crippen molar-refractivity contribution < 1.29 is 4.79 Å². The van der Waals surface area contributed by atoms with E-state index in [0.29, 0.717) is 18.3 Å². The molecule has 0 radical (unpaired) electrons. The van der Waals surface area contributed by atoms with Crippen LogP contribution in [0.25, 0.3) is 0 Å². The normalized spacial score (nSPS) is 16.7. The molecule has 1 aromatic heterocycles. The average Bonchev–Trinajstić information content (AvgIpc) is 3.07. The van der Waals surface area contributed by atoms with Gasteiger partial charge in [0.1, 0.15) is 0 Å². The van der Waals surface area contributed by atoms with Crippen molar-refractivity contribution in [3.8, 4) is 0 Å². The van der Waals surface area contributed by atoms with Gasteiger partial charge in [0.05, 0.1) is 12.2 Å². The van der Waals surface area contributed by atoms with Gasteiger partial charge >= 0.3 is 0 Å². The highest BCUT2D eigenvalue weighted by atomic mass is 32.2. The molecule has 124 valence electrons. The minimum atomic E-state index is -0.125. The largest absolute Gasteiger partial charge is 0.349 e. The number of hydrogen-bond acceptors (Lipinski definition) is 5. The van der Waals surface area contributed by atoms with Crippen molar-refractivity contribution in [1.29, 1.82) is 0 Å².